The van der Waals surface area contributed by atoms with Gasteiger partial charge >= 0.3 is 5.69 Å². The lowest BCUT2D eigenvalue weighted by molar-refractivity contribution is -0.122. The largest absolute Gasteiger partial charge is 0.494 e. The molecular formula is C24H29N3O4S. The molecule has 3 aromatic rings. The van der Waals surface area contributed by atoms with Crippen LogP contribution < -0.4 is 21.3 Å². The van der Waals surface area contributed by atoms with Crippen molar-refractivity contribution in [3.63, 3.8) is 0 Å². The van der Waals surface area contributed by atoms with Gasteiger partial charge in [0.2, 0.25) is 5.91 Å². The topological polar surface area (TPSA) is 82.3 Å². The molecule has 0 saturated heterocycles. The van der Waals surface area contributed by atoms with Crippen molar-refractivity contribution in [3.05, 3.63) is 55.5 Å². The average Bonchev–Trinajstić information content (AvgIpc) is 3.17. The zero-order chi connectivity index (χ0) is 22.8. The summed E-state index contributed by atoms with van der Waals surface area (Å²) in [6.07, 6.45) is 4.63. The van der Waals surface area contributed by atoms with Gasteiger partial charge in [-0.3, -0.25) is 14.2 Å². The van der Waals surface area contributed by atoms with Crippen LogP contribution >= 0.6 is 11.3 Å². The van der Waals surface area contributed by atoms with Crippen LogP contribution in [0.4, 0.5) is 0 Å². The molecule has 0 fully saturated rings. The van der Waals surface area contributed by atoms with Gasteiger partial charge in [-0.25, -0.2) is 9.36 Å². The Labute approximate surface area is 190 Å². The highest BCUT2D eigenvalue weighted by molar-refractivity contribution is 7.18. The Morgan fingerprint density at radius 3 is 2.56 bits per heavy atom. The van der Waals surface area contributed by atoms with Crippen molar-refractivity contribution in [2.45, 2.75) is 65.5 Å². The Bertz CT molecular complexity index is 1250. The van der Waals surface area contributed by atoms with Crippen molar-refractivity contribution in [3.8, 4) is 11.4 Å². The van der Waals surface area contributed by atoms with Gasteiger partial charge in [-0.05, 0) is 75.8 Å². The molecule has 2 heterocycles. The summed E-state index contributed by atoms with van der Waals surface area (Å²) in [7, 11) is 0. The quantitative estimate of drug-likeness (QED) is 0.592. The fraction of sp³-hybridized carbons (Fsp3) is 0.458. The van der Waals surface area contributed by atoms with Gasteiger partial charge in [0, 0.05) is 10.9 Å². The molecule has 0 bridgehead atoms. The van der Waals surface area contributed by atoms with E-state index in [0.717, 1.165) is 42.5 Å². The fourth-order valence-corrected chi connectivity index (χ4v) is 5.53. The van der Waals surface area contributed by atoms with Crippen LogP contribution in [0.15, 0.2) is 33.9 Å². The van der Waals surface area contributed by atoms with E-state index in [-0.39, 0.29) is 24.1 Å². The molecule has 1 aliphatic carbocycles. The lowest BCUT2D eigenvalue weighted by Crippen LogP contribution is -2.42. The van der Waals surface area contributed by atoms with Crippen LogP contribution in [0.5, 0.6) is 5.75 Å². The van der Waals surface area contributed by atoms with E-state index in [1.54, 1.807) is 24.3 Å². The van der Waals surface area contributed by atoms with Crippen molar-refractivity contribution >= 4 is 27.5 Å². The summed E-state index contributed by atoms with van der Waals surface area (Å²) in [6, 6.07) is 6.93. The number of hydrogen-bond acceptors (Lipinski definition) is 5. The zero-order valence-corrected chi connectivity index (χ0v) is 19.6. The molecular weight excluding hydrogens is 426 g/mol. The Morgan fingerprint density at radius 2 is 1.88 bits per heavy atom. The molecule has 0 spiro atoms. The monoisotopic (exact) mass is 455 g/mol. The van der Waals surface area contributed by atoms with Gasteiger partial charge < -0.3 is 10.1 Å². The molecule has 32 heavy (non-hydrogen) atoms. The number of rotatable bonds is 7. The number of fused-ring (bicyclic) bond motifs is 3. The maximum atomic E-state index is 13.6. The highest BCUT2D eigenvalue weighted by Crippen LogP contribution is 2.34. The van der Waals surface area contributed by atoms with Crippen molar-refractivity contribution in [1.29, 1.82) is 0 Å². The summed E-state index contributed by atoms with van der Waals surface area (Å²) >= 11 is 1.48. The molecule has 7 nitrogen and oxygen atoms in total. The number of hydrogen-bond donors (Lipinski definition) is 1. The molecule has 0 saturated carbocycles. The lowest BCUT2D eigenvalue weighted by Gasteiger charge is -2.15. The van der Waals surface area contributed by atoms with E-state index >= 15 is 0 Å². The van der Waals surface area contributed by atoms with E-state index < -0.39 is 5.69 Å². The van der Waals surface area contributed by atoms with Crippen LogP contribution in [0.2, 0.25) is 0 Å². The second-order valence-electron chi connectivity index (χ2n) is 8.20. The Hall–Kier alpha value is -2.87. The minimum absolute atomic E-state index is 0.0160. The van der Waals surface area contributed by atoms with E-state index in [1.165, 1.54) is 20.5 Å². The highest BCUT2D eigenvalue weighted by Gasteiger charge is 2.25. The minimum Gasteiger partial charge on any atom is -0.494 e. The SMILES string of the molecule is CCOc1ccc(-n2c(=O)c3c4c(sc3n(CC(=O)N[C@@H](C)CC)c2=O)CCCC4)cc1. The van der Waals surface area contributed by atoms with Crippen LogP contribution in [0.1, 0.15) is 50.5 Å². The number of aryl methyl sites for hydroxylation is 2. The number of ether oxygens (including phenoxy) is 1. The maximum absolute atomic E-state index is 13.6. The van der Waals surface area contributed by atoms with Crippen molar-refractivity contribution in [1.82, 2.24) is 14.5 Å². The third kappa shape index (κ3) is 4.11. The van der Waals surface area contributed by atoms with Crippen molar-refractivity contribution in [2.24, 2.45) is 0 Å². The predicted octanol–water partition coefficient (Wildman–Crippen LogP) is 3.41. The number of thiophene rings is 1. The summed E-state index contributed by atoms with van der Waals surface area (Å²) in [6.45, 7) is 6.24. The Morgan fingerprint density at radius 1 is 1.16 bits per heavy atom. The first-order valence-corrected chi connectivity index (χ1v) is 12.1. The number of aromatic nitrogens is 2. The first-order valence-electron chi connectivity index (χ1n) is 11.3. The van der Waals surface area contributed by atoms with E-state index in [0.29, 0.717) is 28.3 Å². The van der Waals surface area contributed by atoms with Crippen LogP contribution in [0.3, 0.4) is 0 Å². The molecule has 1 aromatic carbocycles. The average molecular weight is 456 g/mol. The molecule has 0 unspecified atom stereocenters. The van der Waals surface area contributed by atoms with Crippen LogP contribution in [-0.4, -0.2) is 27.7 Å². The molecule has 1 N–H and O–H groups in total. The maximum Gasteiger partial charge on any atom is 0.337 e. The molecule has 8 heteroatoms. The minimum atomic E-state index is -0.496. The predicted molar refractivity (Wildman–Crippen MR) is 127 cm³/mol. The fourth-order valence-electron chi connectivity index (χ4n) is 4.16. The van der Waals surface area contributed by atoms with Crippen LogP contribution in [0.25, 0.3) is 15.9 Å². The van der Waals surface area contributed by atoms with E-state index in [9.17, 15) is 14.4 Å². The normalized spacial score (nSPS) is 14.2. The molecule has 2 aromatic heterocycles. The van der Waals surface area contributed by atoms with Crippen molar-refractivity contribution < 1.29 is 9.53 Å². The summed E-state index contributed by atoms with van der Waals surface area (Å²) in [5.74, 6) is 0.442. The molecule has 1 amide bonds. The summed E-state index contributed by atoms with van der Waals surface area (Å²) in [5, 5.41) is 3.51. The first-order chi connectivity index (χ1) is 15.4. The van der Waals surface area contributed by atoms with Gasteiger partial charge in [-0.15, -0.1) is 11.3 Å². The number of amides is 1. The lowest BCUT2D eigenvalue weighted by atomic mass is 9.97. The summed E-state index contributed by atoms with van der Waals surface area (Å²) < 4.78 is 8.15. The standard InChI is InChI=1S/C24H29N3O4S/c1-4-15(3)25-20(28)14-26-23-21(18-8-6-7-9-19(18)32-23)22(29)27(24(26)30)16-10-12-17(13-11-16)31-5-2/h10-13,15H,4-9,14H2,1-3H3,(H,25,28)/t15-/m0/s1. The van der Waals surface area contributed by atoms with Gasteiger partial charge in [0.25, 0.3) is 5.56 Å². The van der Waals surface area contributed by atoms with E-state index in [4.69, 9.17) is 4.74 Å². The number of nitrogens with one attached hydrogen (secondary N) is 1. The van der Waals surface area contributed by atoms with Gasteiger partial charge in [-0.1, -0.05) is 6.92 Å². The molecule has 1 aliphatic rings. The molecule has 1 atom stereocenters. The van der Waals surface area contributed by atoms with Crippen LogP contribution in [-0.2, 0) is 24.2 Å². The third-order valence-corrected chi connectivity index (χ3v) is 7.28. The van der Waals surface area contributed by atoms with Gasteiger partial charge in [0.05, 0.1) is 17.7 Å². The Kier molecular flexibility index (Phi) is 6.50. The molecule has 4 rings (SSSR count). The molecule has 170 valence electrons. The molecule has 0 aliphatic heterocycles. The first kappa shape index (κ1) is 22.3. The highest BCUT2D eigenvalue weighted by atomic mass is 32.1. The van der Waals surface area contributed by atoms with E-state index in [1.807, 2.05) is 20.8 Å². The summed E-state index contributed by atoms with van der Waals surface area (Å²) in [5.41, 5.74) is 0.700. The second-order valence-corrected chi connectivity index (χ2v) is 9.29. The van der Waals surface area contributed by atoms with E-state index in [2.05, 4.69) is 5.32 Å². The van der Waals surface area contributed by atoms with Gasteiger partial charge in [-0.2, -0.15) is 0 Å². The number of carbonyl (C=O) groups excluding carboxylic acids is 1. The van der Waals surface area contributed by atoms with Gasteiger partial charge in [0.1, 0.15) is 17.1 Å². The molecule has 0 radical (unpaired) electrons. The van der Waals surface area contributed by atoms with Crippen LogP contribution in [0, 0.1) is 0 Å². The second kappa shape index (κ2) is 9.32. The zero-order valence-electron chi connectivity index (χ0n) is 18.8. The smallest absolute Gasteiger partial charge is 0.337 e. The third-order valence-electron chi connectivity index (χ3n) is 5.96. The van der Waals surface area contributed by atoms with Crippen molar-refractivity contribution in [2.75, 3.05) is 6.61 Å². The summed E-state index contributed by atoms with van der Waals surface area (Å²) in [4.78, 5) is 41.6. The number of benzene rings is 1. The Balaban J connectivity index is 1.91. The van der Waals surface area contributed by atoms with Gasteiger partial charge in [0.15, 0.2) is 0 Å². The number of carbonyl (C=O) groups is 1. The number of nitrogens with zero attached hydrogens (tertiary/aromatic N) is 2.